The summed E-state index contributed by atoms with van der Waals surface area (Å²) in [6.07, 6.45) is 2.99. The van der Waals surface area contributed by atoms with E-state index in [-0.39, 0.29) is 10.8 Å². The highest BCUT2D eigenvalue weighted by atomic mass is 32.1. The van der Waals surface area contributed by atoms with Crippen LogP contribution in [0.3, 0.4) is 0 Å². The van der Waals surface area contributed by atoms with E-state index in [4.69, 9.17) is 5.11 Å². The molecule has 0 bridgehead atoms. The highest BCUT2D eigenvalue weighted by Crippen LogP contribution is 2.21. The minimum Gasteiger partial charge on any atom is -0.477 e. The predicted octanol–water partition coefficient (Wildman–Crippen LogP) is 2.86. The van der Waals surface area contributed by atoms with Crippen LogP contribution in [0.15, 0.2) is 23.6 Å². The lowest BCUT2D eigenvalue weighted by molar-refractivity contribution is -0.111. The second-order valence-electron chi connectivity index (χ2n) is 3.58. The summed E-state index contributed by atoms with van der Waals surface area (Å²) in [5.41, 5.74) is 0.732. The number of thiazole rings is 1. The molecule has 0 unspecified atom stereocenters. The number of nitrogens with one attached hydrogen (secondary N) is 1. The number of thiophene rings is 1. The summed E-state index contributed by atoms with van der Waals surface area (Å²) in [5.74, 6) is -1.32. The van der Waals surface area contributed by atoms with Crippen molar-refractivity contribution in [3.63, 3.8) is 0 Å². The normalized spacial score (nSPS) is 10.8. The van der Waals surface area contributed by atoms with E-state index in [1.807, 2.05) is 12.3 Å². The van der Waals surface area contributed by atoms with E-state index in [1.165, 1.54) is 23.5 Å². The number of rotatable bonds is 4. The van der Waals surface area contributed by atoms with Crippen molar-refractivity contribution in [1.29, 1.82) is 0 Å². The van der Waals surface area contributed by atoms with Crippen molar-refractivity contribution in [2.24, 2.45) is 0 Å². The van der Waals surface area contributed by atoms with Gasteiger partial charge in [-0.15, -0.1) is 22.7 Å². The molecule has 0 aliphatic rings. The van der Waals surface area contributed by atoms with Crippen LogP contribution in [-0.4, -0.2) is 22.0 Å². The molecule has 0 fully saturated rings. The number of aromatic nitrogens is 1. The van der Waals surface area contributed by atoms with Gasteiger partial charge in [-0.25, -0.2) is 9.78 Å². The first-order valence-corrected chi connectivity index (χ1v) is 6.98. The molecular formula is C12H10N2O3S2. The average Bonchev–Trinajstić information content (AvgIpc) is 2.96. The highest BCUT2D eigenvalue weighted by molar-refractivity contribution is 7.18. The molecule has 0 atom stereocenters. The van der Waals surface area contributed by atoms with Crippen molar-refractivity contribution in [2.75, 3.05) is 5.32 Å². The molecule has 2 aromatic heterocycles. The lowest BCUT2D eigenvalue weighted by Crippen LogP contribution is -2.06. The molecule has 98 valence electrons. The van der Waals surface area contributed by atoms with Crippen molar-refractivity contribution in [3.8, 4) is 0 Å². The van der Waals surface area contributed by atoms with Gasteiger partial charge in [0.2, 0.25) is 5.91 Å². The molecule has 0 saturated heterocycles. The molecule has 0 aliphatic carbocycles. The number of carbonyl (C=O) groups excluding carboxylic acids is 1. The molecule has 2 aromatic rings. The van der Waals surface area contributed by atoms with Gasteiger partial charge >= 0.3 is 5.97 Å². The van der Waals surface area contributed by atoms with Gasteiger partial charge < -0.3 is 10.4 Å². The molecular weight excluding hydrogens is 284 g/mol. The van der Waals surface area contributed by atoms with Crippen molar-refractivity contribution >= 4 is 45.6 Å². The van der Waals surface area contributed by atoms with Crippen LogP contribution < -0.4 is 5.32 Å². The Morgan fingerprint density at radius 3 is 2.79 bits per heavy atom. The van der Waals surface area contributed by atoms with E-state index < -0.39 is 5.97 Å². The predicted molar refractivity (Wildman–Crippen MR) is 75.8 cm³/mol. The van der Waals surface area contributed by atoms with E-state index in [1.54, 1.807) is 12.1 Å². The molecule has 2 heterocycles. The number of hydrogen-bond acceptors (Lipinski definition) is 5. The molecule has 0 saturated carbocycles. The van der Waals surface area contributed by atoms with Crippen LogP contribution in [0.2, 0.25) is 0 Å². The van der Waals surface area contributed by atoms with Gasteiger partial charge in [0, 0.05) is 11.5 Å². The fourth-order valence-electron chi connectivity index (χ4n) is 1.30. The maximum absolute atomic E-state index is 11.6. The summed E-state index contributed by atoms with van der Waals surface area (Å²) in [5, 5.41) is 14.7. The molecule has 2 N–H and O–H groups in total. The van der Waals surface area contributed by atoms with Crippen LogP contribution in [0.4, 0.5) is 5.00 Å². The number of carbonyl (C=O) groups is 2. The number of carboxylic acids is 1. The van der Waals surface area contributed by atoms with Gasteiger partial charge in [-0.1, -0.05) is 0 Å². The maximum Gasteiger partial charge on any atom is 0.345 e. The van der Waals surface area contributed by atoms with E-state index in [2.05, 4.69) is 10.3 Å². The zero-order valence-electron chi connectivity index (χ0n) is 9.91. The van der Waals surface area contributed by atoms with E-state index in [0.29, 0.717) is 5.00 Å². The summed E-state index contributed by atoms with van der Waals surface area (Å²) >= 11 is 2.53. The first-order valence-electron chi connectivity index (χ1n) is 5.29. The van der Waals surface area contributed by atoms with Gasteiger partial charge in [-0.2, -0.15) is 0 Å². The summed E-state index contributed by atoms with van der Waals surface area (Å²) in [7, 11) is 0. The summed E-state index contributed by atoms with van der Waals surface area (Å²) in [4.78, 5) is 26.7. The number of aromatic carboxylic acids is 1. The number of aryl methyl sites for hydroxylation is 1. The number of hydrogen-bond donors (Lipinski definition) is 2. The Hall–Kier alpha value is -1.99. The smallest absolute Gasteiger partial charge is 0.345 e. The maximum atomic E-state index is 11.6. The number of carboxylic acid groups (broad SMARTS) is 1. The molecule has 19 heavy (non-hydrogen) atoms. The number of nitrogens with zero attached hydrogens (tertiary/aromatic N) is 1. The van der Waals surface area contributed by atoms with Gasteiger partial charge in [-0.05, 0) is 25.1 Å². The van der Waals surface area contributed by atoms with Crippen molar-refractivity contribution in [1.82, 2.24) is 4.98 Å². The Morgan fingerprint density at radius 2 is 2.21 bits per heavy atom. The zero-order chi connectivity index (χ0) is 13.8. The van der Waals surface area contributed by atoms with E-state index in [9.17, 15) is 9.59 Å². The molecule has 0 aromatic carbocycles. The van der Waals surface area contributed by atoms with Crippen molar-refractivity contribution in [3.05, 3.63) is 39.2 Å². The van der Waals surface area contributed by atoms with Crippen LogP contribution in [0.5, 0.6) is 0 Å². The van der Waals surface area contributed by atoms with Crippen molar-refractivity contribution < 1.29 is 14.7 Å². The van der Waals surface area contributed by atoms with Crippen LogP contribution in [0, 0.1) is 6.92 Å². The zero-order valence-corrected chi connectivity index (χ0v) is 11.5. The molecule has 1 amide bonds. The van der Waals surface area contributed by atoms with Crippen molar-refractivity contribution in [2.45, 2.75) is 6.92 Å². The molecule has 5 nitrogen and oxygen atoms in total. The second kappa shape index (κ2) is 5.77. The lowest BCUT2D eigenvalue weighted by atomic mass is 10.4. The minimum absolute atomic E-state index is 0.189. The largest absolute Gasteiger partial charge is 0.477 e. The lowest BCUT2D eigenvalue weighted by Gasteiger charge is -1.95. The van der Waals surface area contributed by atoms with E-state index >= 15 is 0 Å². The van der Waals surface area contributed by atoms with Gasteiger partial charge in [0.15, 0.2) is 0 Å². The SMILES string of the molecule is Cc1nc(/C=C/C(=O)Nc2ccc(C(=O)O)s2)cs1. The molecule has 2 rings (SSSR count). The van der Waals surface area contributed by atoms with Crippen LogP contribution in [0.25, 0.3) is 6.08 Å². The average molecular weight is 294 g/mol. The minimum atomic E-state index is -1.00. The quantitative estimate of drug-likeness (QED) is 0.850. The molecule has 0 aliphatic heterocycles. The van der Waals surface area contributed by atoms with Crippen LogP contribution in [0.1, 0.15) is 20.4 Å². The Bertz CT molecular complexity index is 643. The van der Waals surface area contributed by atoms with E-state index in [0.717, 1.165) is 22.0 Å². The molecule has 0 radical (unpaired) electrons. The Labute approximate surface area is 117 Å². The standard InChI is InChI=1S/C12H10N2O3S2/c1-7-13-8(6-18-7)2-4-10(15)14-11-5-3-9(19-11)12(16)17/h2-6H,1H3,(H,14,15)(H,16,17)/b4-2+. The summed E-state index contributed by atoms with van der Waals surface area (Å²) < 4.78 is 0. The third-order valence-corrected chi connectivity index (χ3v) is 3.89. The van der Waals surface area contributed by atoms with Gasteiger partial charge in [-0.3, -0.25) is 4.79 Å². The molecule has 0 spiro atoms. The fraction of sp³-hybridized carbons (Fsp3) is 0.0833. The summed E-state index contributed by atoms with van der Waals surface area (Å²) in [6.45, 7) is 1.89. The van der Waals surface area contributed by atoms with Crippen LogP contribution >= 0.6 is 22.7 Å². The Morgan fingerprint density at radius 1 is 1.42 bits per heavy atom. The number of amides is 1. The number of anilines is 1. The molecule has 7 heteroatoms. The monoisotopic (exact) mass is 294 g/mol. The first kappa shape index (κ1) is 13.4. The fourth-order valence-corrected chi connectivity index (χ4v) is 2.63. The first-order chi connectivity index (χ1) is 9.04. The van der Waals surface area contributed by atoms with Gasteiger partial charge in [0.1, 0.15) is 4.88 Å². The highest BCUT2D eigenvalue weighted by Gasteiger charge is 2.07. The van der Waals surface area contributed by atoms with Gasteiger partial charge in [0.25, 0.3) is 0 Å². The van der Waals surface area contributed by atoms with Gasteiger partial charge in [0.05, 0.1) is 15.7 Å². The second-order valence-corrected chi connectivity index (χ2v) is 5.73. The van der Waals surface area contributed by atoms with Crippen LogP contribution in [-0.2, 0) is 4.79 Å². The Kier molecular flexibility index (Phi) is 4.08. The Balaban J connectivity index is 1.97. The summed E-state index contributed by atoms with van der Waals surface area (Å²) in [6, 6.07) is 3.02. The third-order valence-electron chi connectivity index (χ3n) is 2.11. The topological polar surface area (TPSA) is 79.3 Å². The third kappa shape index (κ3) is 3.73.